The molecule has 25 heavy (non-hydrogen) atoms. The predicted octanol–water partition coefficient (Wildman–Crippen LogP) is 1.78. The van der Waals surface area contributed by atoms with E-state index in [4.69, 9.17) is 5.11 Å². The van der Waals surface area contributed by atoms with E-state index in [9.17, 15) is 14.4 Å². The van der Waals surface area contributed by atoms with Crippen LogP contribution in [0.4, 0.5) is 10.5 Å². The second-order valence-corrected chi connectivity index (χ2v) is 6.74. The average molecular weight is 345 g/mol. The highest BCUT2D eigenvalue weighted by Crippen LogP contribution is 2.36. The summed E-state index contributed by atoms with van der Waals surface area (Å²) < 4.78 is 0. The van der Waals surface area contributed by atoms with Crippen LogP contribution in [0, 0.1) is 18.8 Å². The maximum atomic E-state index is 12.4. The number of amides is 3. The number of carboxylic acids is 1. The van der Waals surface area contributed by atoms with E-state index < -0.39 is 17.8 Å². The summed E-state index contributed by atoms with van der Waals surface area (Å²) >= 11 is 0. The van der Waals surface area contributed by atoms with Gasteiger partial charge in [0.15, 0.2) is 0 Å². The summed E-state index contributed by atoms with van der Waals surface area (Å²) in [5, 5.41) is 12.0. The van der Waals surface area contributed by atoms with Crippen molar-refractivity contribution in [3.8, 4) is 0 Å². The van der Waals surface area contributed by atoms with E-state index in [1.807, 2.05) is 31.2 Å². The van der Waals surface area contributed by atoms with Crippen molar-refractivity contribution in [3.63, 3.8) is 0 Å². The van der Waals surface area contributed by atoms with Crippen LogP contribution in [0.15, 0.2) is 24.3 Å². The van der Waals surface area contributed by atoms with Crippen molar-refractivity contribution < 1.29 is 19.5 Å². The van der Waals surface area contributed by atoms with Crippen molar-refractivity contribution in [2.75, 3.05) is 31.5 Å². The SMILES string of the molecule is Cc1cccc(NC(=O)N2CCN(C(=O)C3CCC3C(=O)O)CC2)c1. The van der Waals surface area contributed by atoms with Gasteiger partial charge in [-0.3, -0.25) is 9.59 Å². The lowest BCUT2D eigenvalue weighted by atomic mass is 9.73. The van der Waals surface area contributed by atoms with E-state index in [0.29, 0.717) is 39.0 Å². The molecule has 0 aromatic heterocycles. The quantitative estimate of drug-likeness (QED) is 0.874. The van der Waals surface area contributed by atoms with Gasteiger partial charge in [-0.25, -0.2) is 4.79 Å². The van der Waals surface area contributed by atoms with E-state index in [1.165, 1.54) is 0 Å². The number of urea groups is 1. The Morgan fingerprint density at radius 1 is 1.04 bits per heavy atom. The molecule has 1 aliphatic heterocycles. The van der Waals surface area contributed by atoms with Crippen LogP contribution in [0.25, 0.3) is 0 Å². The van der Waals surface area contributed by atoms with Gasteiger partial charge in [-0.2, -0.15) is 0 Å². The van der Waals surface area contributed by atoms with Crippen molar-refractivity contribution in [2.24, 2.45) is 11.8 Å². The first kappa shape index (κ1) is 17.3. The molecule has 134 valence electrons. The van der Waals surface area contributed by atoms with Crippen LogP contribution in [0.1, 0.15) is 18.4 Å². The largest absolute Gasteiger partial charge is 0.481 e. The molecule has 1 saturated heterocycles. The van der Waals surface area contributed by atoms with Crippen LogP contribution in [0.3, 0.4) is 0 Å². The van der Waals surface area contributed by atoms with Gasteiger partial charge in [0.05, 0.1) is 11.8 Å². The molecule has 2 aliphatic rings. The van der Waals surface area contributed by atoms with Crippen LogP contribution in [-0.4, -0.2) is 59.0 Å². The highest BCUT2D eigenvalue weighted by atomic mass is 16.4. The smallest absolute Gasteiger partial charge is 0.321 e. The second-order valence-electron chi connectivity index (χ2n) is 6.74. The topological polar surface area (TPSA) is 90.0 Å². The lowest BCUT2D eigenvalue weighted by molar-refractivity contribution is -0.157. The van der Waals surface area contributed by atoms with Crippen LogP contribution in [0.5, 0.6) is 0 Å². The molecular formula is C18H23N3O4. The molecule has 0 bridgehead atoms. The first-order chi connectivity index (χ1) is 12.0. The van der Waals surface area contributed by atoms with Gasteiger partial charge in [0.1, 0.15) is 0 Å². The number of hydrogen-bond acceptors (Lipinski definition) is 3. The number of aryl methyl sites for hydroxylation is 1. The first-order valence-corrected chi connectivity index (χ1v) is 8.60. The summed E-state index contributed by atoms with van der Waals surface area (Å²) in [6, 6.07) is 7.42. The zero-order chi connectivity index (χ0) is 18.0. The zero-order valence-electron chi connectivity index (χ0n) is 14.3. The van der Waals surface area contributed by atoms with Crippen molar-refractivity contribution in [1.82, 2.24) is 9.80 Å². The number of anilines is 1. The van der Waals surface area contributed by atoms with Crippen LogP contribution < -0.4 is 5.32 Å². The van der Waals surface area contributed by atoms with E-state index in [0.717, 1.165) is 11.3 Å². The van der Waals surface area contributed by atoms with Gasteiger partial charge >= 0.3 is 12.0 Å². The van der Waals surface area contributed by atoms with Crippen molar-refractivity contribution in [1.29, 1.82) is 0 Å². The summed E-state index contributed by atoms with van der Waals surface area (Å²) in [6.07, 6.45) is 1.22. The molecule has 2 unspecified atom stereocenters. The predicted molar refractivity (Wildman–Crippen MR) is 92.2 cm³/mol. The Morgan fingerprint density at radius 2 is 1.68 bits per heavy atom. The van der Waals surface area contributed by atoms with E-state index >= 15 is 0 Å². The van der Waals surface area contributed by atoms with Gasteiger partial charge in [-0.05, 0) is 37.5 Å². The number of nitrogens with zero attached hydrogens (tertiary/aromatic N) is 2. The summed E-state index contributed by atoms with van der Waals surface area (Å²) in [4.78, 5) is 39.2. The fourth-order valence-corrected chi connectivity index (χ4v) is 3.38. The highest BCUT2D eigenvalue weighted by Gasteiger charge is 2.43. The van der Waals surface area contributed by atoms with Gasteiger partial charge in [0.25, 0.3) is 0 Å². The van der Waals surface area contributed by atoms with E-state index in [2.05, 4.69) is 5.32 Å². The Kier molecular flexibility index (Phi) is 4.92. The van der Waals surface area contributed by atoms with E-state index in [-0.39, 0.29) is 11.9 Å². The molecule has 2 atom stereocenters. The maximum absolute atomic E-state index is 12.4. The number of rotatable bonds is 3. The lowest BCUT2D eigenvalue weighted by Gasteiger charge is -2.40. The summed E-state index contributed by atoms with van der Waals surface area (Å²) in [5.41, 5.74) is 1.82. The molecule has 7 heteroatoms. The molecule has 1 saturated carbocycles. The van der Waals surface area contributed by atoms with Crippen molar-refractivity contribution >= 4 is 23.6 Å². The van der Waals surface area contributed by atoms with Gasteiger partial charge < -0.3 is 20.2 Å². The number of hydrogen-bond donors (Lipinski definition) is 2. The summed E-state index contributed by atoms with van der Waals surface area (Å²) in [7, 11) is 0. The standard InChI is InChI=1S/C18H23N3O4/c1-12-3-2-4-13(11-12)19-18(25)21-9-7-20(8-10-21)16(22)14-5-6-15(14)17(23)24/h2-4,11,14-15H,5-10H2,1H3,(H,19,25)(H,23,24). The lowest BCUT2D eigenvalue weighted by Crippen LogP contribution is -2.55. The number of carbonyl (C=O) groups excluding carboxylic acids is 2. The van der Waals surface area contributed by atoms with Gasteiger partial charge in [-0.15, -0.1) is 0 Å². The van der Waals surface area contributed by atoms with Gasteiger partial charge in [-0.1, -0.05) is 12.1 Å². The molecular weight excluding hydrogens is 322 g/mol. The third-order valence-corrected chi connectivity index (χ3v) is 5.06. The average Bonchev–Trinajstić information content (AvgIpc) is 2.53. The fraction of sp³-hybridized carbons (Fsp3) is 0.500. The normalized spacial score (nSPS) is 22.9. The van der Waals surface area contributed by atoms with Crippen LogP contribution in [-0.2, 0) is 9.59 Å². The first-order valence-electron chi connectivity index (χ1n) is 8.60. The van der Waals surface area contributed by atoms with Crippen LogP contribution >= 0.6 is 0 Å². The van der Waals surface area contributed by atoms with E-state index in [1.54, 1.807) is 9.80 Å². The molecule has 0 spiro atoms. The second kappa shape index (κ2) is 7.13. The van der Waals surface area contributed by atoms with Gasteiger partial charge in [0.2, 0.25) is 5.91 Å². The minimum absolute atomic E-state index is 0.0857. The number of nitrogens with one attached hydrogen (secondary N) is 1. The molecule has 1 aromatic rings. The minimum atomic E-state index is -0.888. The Labute approximate surface area is 146 Å². The molecule has 1 aliphatic carbocycles. The molecule has 2 N–H and O–H groups in total. The third kappa shape index (κ3) is 3.75. The zero-order valence-corrected chi connectivity index (χ0v) is 14.3. The Bertz CT molecular complexity index is 683. The molecule has 1 heterocycles. The monoisotopic (exact) mass is 345 g/mol. The maximum Gasteiger partial charge on any atom is 0.321 e. The number of aliphatic carboxylic acids is 1. The number of benzene rings is 1. The fourth-order valence-electron chi connectivity index (χ4n) is 3.38. The summed E-state index contributed by atoms with van der Waals surface area (Å²) in [5.74, 6) is -1.92. The molecule has 0 radical (unpaired) electrons. The third-order valence-electron chi connectivity index (χ3n) is 5.06. The number of piperazine rings is 1. The molecule has 2 fully saturated rings. The Morgan fingerprint density at radius 3 is 2.24 bits per heavy atom. The Balaban J connectivity index is 1.50. The van der Waals surface area contributed by atoms with Gasteiger partial charge in [0, 0.05) is 31.9 Å². The molecule has 1 aromatic carbocycles. The highest BCUT2D eigenvalue weighted by molar-refractivity contribution is 5.90. The molecule has 3 rings (SSSR count). The minimum Gasteiger partial charge on any atom is -0.481 e. The number of carboxylic acid groups (broad SMARTS) is 1. The summed E-state index contributed by atoms with van der Waals surface area (Å²) in [6.45, 7) is 3.76. The Hall–Kier alpha value is -2.57. The molecule has 7 nitrogen and oxygen atoms in total. The van der Waals surface area contributed by atoms with Crippen LogP contribution in [0.2, 0.25) is 0 Å². The number of carbonyl (C=O) groups is 3. The molecule has 3 amide bonds. The van der Waals surface area contributed by atoms with Crippen molar-refractivity contribution in [2.45, 2.75) is 19.8 Å². The van der Waals surface area contributed by atoms with Crippen molar-refractivity contribution in [3.05, 3.63) is 29.8 Å².